The Morgan fingerprint density at radius 2 is 2.24 bits per heavy atom. The number of methoxy groups -OCH3 is 1. The summed E-state index contributed by atoms with van der Waals surface area (Å²) < 4.78 is 10.7. The molecule has 0 amide bonds. The van der Waals surface area contributed by atoms with Crippen LogP contribution in [0.5, 0.6) is 0 Å². The lowest BCUT2D eigenvalue weighted by atomic mass is 10.0. The molecule has 0 aromatic carbocycles. The Morgan fingerprint density at radius 3 is 2.82 bits per heavy atom. The highest BCUT2D eigenvalue weighted by Gasteiger charge is 2.25. The van der Waals surface area contributed by atoms with Gasteiger partial charge >= 0.3 is 0 Å². The first kappa shape index (κ1) is 12.5. The van der Waals surface area contributed by atoms with Crippen molar-refractivity contribution < 1.29 is 9.26 Å². The SMILES string of the molecule is COC(c1noc(C2CCCCN2)n1)C(C)C. The minimum atomic E-state index is -0.0870. The van der Waals surface area contributed by atoms with Gasteiger partial charge in [0, 0.05) is 7.11 Å². The maximum atomic E-state index is 5.39. The lowest BCUT2D eigenvalue weighted by Crippen LogP contribution is -2.27. The molecule has 0 aliphatic carbocycles. The van der Waals surface area contributed by atoms with Gasteiger partial charge in [-0.3, -0.25) is 0 Å². The molecule has 1 aromatic rings. The van der Waals surface area contributed by atoms with Crippen molar-refractivity contribution in [3.8, 4) is 0 Å². The minimum Gasteiger partial charge on any atom is -0.373 e. The van der Waals surface area contributed by atoms with Crippen LogP contribution in [0.3, 0.4) is 0 Å². The third-order valence-electron chi connectivity index (χ3n) is 3.18. The Hall–Kier alpha value is -0.940. The van der Waals surface area contributed by atoms with Crippen LogP contribution in [0.2, 0.25) is 0 Å². The van der Waals surface area contributed by atoms with E-state index in [0.717, 1.165) is 13.0 Å². The standard InChI is InChI=1S/C12H21N3O2/c1-8(2)10(16-3)11-14-12(17-15-11)9-6-4-5-7-13-9/h8-10,13H,4-7H2,1-3H3. The molecule has 1 aliphatic heterocycles. The van der Waals surface area contributed by atoms with E-state index in [1.165, 1.54) is 12.8 Å². The summed E-state index contributed by atoms with van der Waals surface area (Å²) in [5, 5.41) is 7.43. The number of ether oxygens (including phenoxy) is 1. The van der Waals surface area contributed by atoms with Crippen LogP contribution in [0.4, 0.5) is 0 Å². The summed E-state index contributed by atoms with van der Waals surface area (Å²) in [4.78, 5) is 4.46. The van der Waals surface area contributed by atoms with E-state index in [1.54, 1.807) is 7.11 Å². The van der Waals surface area contributed by atoms with E-state index in [9.17, 15) is 0 Å². The normalized spacial score (nSPS) is 22.9. The average Bonchev–Trinajstić information content (AvgIpc) is 2.80. The number of nitrogens with one attached hydrogen (secondary N) is 1. The average molecular weight is 239 g/mol. The lowest BCUT2D eigenvalue weighted by Gasteiger charge is -2.19. The highest BCUT2D eigenvalue weighted by molar-refractivity contribution is 4.97. The van der Waals surface area contributed by atoms with Crippen molar-refractivity contribution in [3.05, 3.63) is 11.7 Å². The Balaban J connectivity index is 2.08. The monoisotopic (exact) mass is 239 g/mol. The fourth-order valence-corrected chi connectivity index (χ4v) is 2.24. The molecule has 1 aliphatic rings. The van der Waals surface area contributed by atoms with Crippen molar-refractivity contribution >= 4 is 0 Å². The first-order chi connectivity index (χ1) is 8.22. The highest BCUT2D eigenvalue weighted by atomic mass is 16.5. The molecule has 0 saturated carbocycles. The smallest absolute Gasteiger partial charge is 0.243 e. The van der Waals surface area contributed by atoms with E-state index < -0.39 is 0 Å². The number of aromatic nitrogens is 2. The molecule has 2 atom stereocenters. The van der Waals surface area contributed by atoms with Crippen molar-refractivity contribution in [2.24, 2.45) is 5.92 Å². The number of rotatable bonds is 4. The molecule has 2 unspecified atom stereocenters. The van der Waals surface area contributed by atoms with Crippen molar-refractivity contribution in [3.63, 3.8) is 0 Å². The molecule has 2 heterocycles. The summed E-state index contributed by atoms with van der Waals surface area (Å²) in [6.07, 6.45) is 3.43. The second-order valence-corrected chi connectivity index (χ2v) is 4.89. The zero-order valence-corrected chi connectivity index (χ0v) is 10.8. The van der Waals surface area contributed by atoms with Gasteiger partial charge in [0.1, 0.15) is 6.10 Å². The van der Waals surface area contributed by atoms with Crippen molar-refractivity contribution in [1.82, 2.24) is 15.5 Å². The second kappa shape index (κ2) is 5.60. The van der Waals surface area contributed by atoms with Gasteiger partial charge in [-0.2, -0.15) is 4.98 Å². The zero-order chi connectivity index (χ0) is 12.3. The molecular weight excluding hydrogens is 218 g/mol. The van der Waals surface area contributed by atoms with Gasteiger partial charge in [-0.05, 0) is 25.3 Å². The molecule has 5 heteroatoms. The first-order valence-electron chi connectivity index (χ1n) is 6.32. The van der Waals surface area contributed by atoms with Gasteiger partial charge in [-0.25, -0.2) is 0 Å². The summed E-state index contributed by atoms with van der Waals surface area (Å²) in [5.41, 5.74) is 0. The van der Waals surface area contributed by atoms with Crippen LogP contribution in [0.1, 0.15) is 57.0 Å². The fraction of sp³-hybridized carbons (Fsp3) is 0.833. The van der Waals surface area contributed by atoms with Crippen LogP contribution in [0, 0.1) is 5.92 Å². The van der Waals surface area contributed by atoms with E-state index in [4.69, 9.17) is 9.26 Å². The van der Waals surface area contributed by atoms with Crippen LogP contribution < -0.4 is 5.32 Å². The molecule has 17 heavy (non-hydrogen) atoms. The van der Waals surface area contributed by atoms with Gasteiger partial charge in [-0.15, -0.1) is 0 Å². The Bertz CT molecular complexity index is 345. The molecule has 0 radical (unpaired) electrons. The van der Waals surface area contributed by atoms with E-state index in [0.29, 0.717) is 17.6 Å². The maximum Gasteiger partial charge on any atom is 0.243 e. The Labute approximate surface area is 102 Å². The molecule has 1 saturated heterocycles. The van der Waals surface area contributed by atoms with Gasteiger partial charge in [0.2, 0.25) is 11.7 Å². The predicted octanol–water partition coefficient (Wildman–Crippen LogP) is 2.23. The molecule has 5 nitrogen and oxygen atoms in total. The molecule has 0 bridgehead atoms. The quantitative estimate of drug-likeness (QED) is 0.873. The number of hydrogen-bond donors (Lipinski definition) is 1. The summed E-state index contributed by atoms with van der Waals surface area (Å²) in [6.45, 7) is 5.20. The molecule has 2 rings (SSSR count). The van der Waals surface area contributed by atoms with E-state index in [1.807, 2.05) is 0 Å². The fourth-order valence-electron chi connectivity index (χ4n) is 2.24. The number of piperidine rings is 1. The van der Waals surface area contributed by atoms with Crippen LogP contribution in [-0.2, 0) is 4.74 Å². The largest absolute Gasteiger partial charge is 0.373 e. The van der Waals surface area contributed by atoms with E-state index >= 15 is 0 Å². The topological polar surface area (TPSA) is 60.2 Å². The lowest BCUT2D eigenvalue weighted by molar-refractivity contribution is 0.0555. The van der Waals surface area contributed by atoms with E-state index in [2.05, 4.69) is 29.3 Å². The zero-order valence-electron chi connectivity index (χ0n) is 10.8. The Morgan fingerprint density at radius 1 is 1.41 bits per heavy atom. The van der Waals surface area contributed by atoms with Gasteiger partial charge in [-0.1, -0.05) is 25.4 Å². The third kappa shape index (κ3) is 2.84. The Kier molecular flexibility index (Phi) is 4.12. The molecule has 0 spiro atoms. The highest BCUT2D eigenvalue weighted by Crippen LogP contribution is 2.26. The van der Waals surface area contributed by atoms with Crippen molar-refractivity contribution in [2.45, 2.75) is 45.3 Å². The first-order valence-corrected chi connectivity index (χ1v) is 6.32. The number of nitrogens with zero attached hydrogens (tertiary/aromatic N) is 2. The summed E-state index contributed by atoms with van der Waals surface area (Å²) in [7, 11) is 1.68. The molecule has 1 N–H and O–H groups in total. The molecule has 1 fully saturated rings. The molecular formula is C12H21N3O2. The van der Waals surface area contributed by atoms with Gasteiger partial charge in [0.15, 0.2) is 0 Å². The second-order valence-electron chi connectivity index (χ2n) is 4.89. The van der Waals surface area contributed by atoms with Gasteiger partial charge in [0.25, 0.3) is 0 Å². The van der Waals surface area contributed by atoms with E-state index in [-0.39, 0.29) is 12.1 Å². The summed E-state index contributed by atoms with van der Waals surface area (Å²) in [5.74, 6) is 1.69. The predicted molar refractivity (Wildman–Crippen MR) is 63.5 cm³/mol. The summed E-state index contributed by atoms with van der Waals surface area (Å²) >= 11 is 0. The van der Waals surface area contributed by atoms with Crippen LogP contribution >= 0.6 is 0 Å². The number of hydrogen-bond acceptors (Lipinski definition) is 5. The van der Waals surface area contributed by atoms with Crippen LogP contribution in [-0.4, -0.2) is 23.8 Å². The summed E-state index contributed by atoms with van der Waals surface area (Å²) in [6, 6.07) is 0.217. The molecule has 1 aromatic heterocycles. The van der Waals surface area contributed by atoms with Gasteiger partial charge in [0.05, 0.1) is 6.04 Å². The van der Waals surface area contributed by atoms with Crippen molar-refractivity contribution in [1.29, 1.82) is 0 Å². The maximum absolute atomic E-state index is 5.39. The van der Waals surface area contributed by atoms with Gasteiger partial charge < -0.3 is 14.6 Å². The third-order valence-corrected chi connectivity index (χ3v) is 3.18. The minimum absolute atomic E-state index is 0.0870. The van der Waals surface area contributed by atoms with Crippen molar-refractivity contribution in [2.75, 3.05) is 13.7 Å². The van der Waals surface area contributed by atoms with Crippen LogP contribution in [0.15, 0.2) is 4.52 Å². The molecule has 96 valence electrons. The van der Waals surface area contributed by atoms with Crippen LogP contribution in [0.25, 0.3) is 0 Å².